The molecule has 0 radical (unpaired) electrons. The molecule has 0 unspecified atom stereocenters. The Morgan fingerprint density at radius 1 is 0.731 bits per heavy atom. The second-order valence-corrected chi connectivity index (χ2v) is 16.6. The number of hydrogen-bond acceptors (Lipinski definition) is 9. The molecule has 3 amide bonds. The molecule has 342 valence electrons. The number of ketones is 2. The maximum atomic E-state index is 13.7. The van der Waals surface area contributed by atoms with Crippen LogP contribution >= 0.6 is 0 Å². The maximum Gasteiger partial charge on any atom is 0.326 e. The van der Waals surface area contributed by atoms with Crippen LogP contribution in [0.1, 0.15) is 87.3 Å². The molecule has 1 saturated carbocycles. The molecule has 15 nitrogen and oxygen atoms in total. The number of carbonyl (C=O) groups excluding carboxylic acids is 5. The molecule has 1 atom stereocenters. The van der Waals surface area contributed by atoms with Crippen LogP contribution in [0.5, 0.6) is 11.5 Å². The summed E-state index contributed by atoms with van der Waals surface area (Å²) in [5.74, 6) is -1.02. The number of fused-ring (bicyclic) bond motifs is 2. The highest BCUT2D eigenvalue weighted by Gasteiger charge is 2.26. The zero-order valence-corrected chi connectivity index (χ0v) is 36.9. The van der Waals surface area contributed by atoms with Crippen LogP contribution in [0.3, 0.4) is 0 Å². The topological polar surface area (TPSA) is 211 Å². The molecule has 0 bridgehead atoms. The second-order valence-electron chi connectivity index (χ2n) is 16.6. The number of ether oxygens (including phenoxy) is 2. The van der Waals surface area contributed by atoms with Gasteiger partial charge in [0, 0.05) is 70.5 Å². The zero-order chi connectivity index (χ0) is 46.9. The van der Waals surface area contributed by atoms with E-state index in [9.17, 15) is 33.9 Å². The van der Waals surface area contributed by atoms with Crippen molar-refractivity contribution in [1.82, 2.24) is 30.5 Å². The van der Waals surface area contributed by atoms with E-state index in [4.69, 9.17) is 14.5 Å². The van der Waals surface area contributed by atoms with Crippen LogP contribution in [-0.4, -0.2) is 87.2 Å². The molecule has 2 heterocycles. The number of nitrogens with one attached hydrogen (secondary N) is 4. The van der Waals surface area contributed by atoms with Gasteiger partial charge in [-0.05, 0) is 98.1 Å². The Morgan fingerprint density at radius 3 is 2.13 bits per heavy atom. The van der Waals surface area contributed by atoms with Gasteiger partial charge in [-0.25, -0.2) is 9.78 Å². The molecule has 0 saturated heterocycles. The monoisotopic (exact) mass is 902 g/mol. The lowest BCUT2D eigenvalue weighted by molar-refractivity contribution is -0.139. The molecule has 67 heavy (non-hydrogen) atoms. The minimum atomic E-state index is -1.24. The molecule has 2 aromatic heterocycles. The van der Waals surface area contributed by atoms with E-state index in [1.54, 1.807) is 97.2 Å². The van der Waals surface area contributed by atoms with E-state index in [0.29, 0.717) is 39.3 Å². The van der Waals surface area contributed by atoms with E-state index >= 15 is 0 Å². The summed E-state index contributed by atoms with van der Waals surface area (Å²) in [5, 5.41) is 19.1. The van der Waals surface area contributed by atoms with Crippen molar-refractivity contribution in [2.24, 2.45) is 0 Å². The van der Waals surface area contributed by atoms with Crippen LogP contribution in [0, 0.1) is 0 Å². The third-order valence-corrected chi connectivity index (χ3v) is 11.8. The Balaban J connectivity index is 0.876. The van der Waals surface area contributed by atoms with Crippen molar-refractivity contribution in [3.8, 4) is 22.9 Å². The standard InChI is InChI=1S/C52H50N6O9/c1-32(59)30-66-41-21-22-43-42(28-41)38(29-55-43)27-45(52(64)65)57-51(63)37-18-23-46-44(26-37)56-49(58(46)39-10-6-3-7-11-39)35-16-19-40(20-17-35)67-31-47(60)53-24-25-54-50(62)36-14-12-34(13-15-36)48(61)33-8-4-2-5-9-33/h2,4-5,8-9,12-23,26,28-29,39,45,55H,3,6-7,10-11,24-25,27,30-31H2,1H3,(H,53,60)(H,54,62)(H,57,63)(H,64,65)/t45-/m0/s1. The largest absolute Gasteiger partial charge is 0.486 e. The van der Waals surface area contributed by atoms with Gasteiger partial charge in [-0.3, -0.25) is 24.0 Å². The van der Waals surface area contributed by atoms with Gasteiger partial charge in [0.2, 0.25) is 0 Å². The quantitative estimate of drug-likeness (QED) is 0.0406. The Bertz CT molecular complexity index is 2940. The number of carboxylic acids is 1. The van der Waals surface area contributed by atoms with Crippen molar-refractivity contribution in [3.63, 3.8) is 0 Å². The lowest BCUT2D eigenvalue weighted by Gasteiger charge is -2.25. The summed E-state index contributed by atoms with van der Waals surface area (Å²) in [4.78, 5) is 83.7. The summed E-state index contributed by atoms with van der Waals surface area (Å²) in [7, 11) is 0. The molecule has 1 aliphatic carbocycles. The van der Waals surface area contributed by atoms with Gasteiger partial charge in [-0.1, -0.05) is 61.7 Å². The van der Waals surface area contributed by atoms with Crippen LogP contribution in [0.4, 0.5) is 0 Å². The molecule has 0 spiro atoms. The first kappa shape index (κ1) is 45.5. The van der Waals surface area contributed by atoms with Crippen molar-refractivity contribution < 1.29 is 43.3 Å². The fraction of sp³-hybridized carbons (Fsp3) is 0.250. The summed E-state index contributed by atoms with van der Waals surface area (Å²) >= 11 is 0. The van der Waals surface area contributed by atoms with E-state index in [-0.39, 0.29) is 67.7 Å². The predicted molar refractivity (Wildman–Crippen MR) is 252 cm³/mol. The van der Waals surface area contributed by atoms with Gasteiger partial charge in [0.25, 0.3) is 17.7 Å². The SMILES string of the molecule is CC(=O)COc1ccc2[nH]cc(C[C@H](NC(=O)c3ccc4c(c3)nc(-c3ccc(OCC(=O)NCCNC(=O)c5ccc(C(=O)c6ccccc6)cc5)cc3)n4C3CCCCC3)C(=O)O)c2c1. The summed E-state index contributed by atoms with van der Waals surface area (Å²) in [5.41, 5.74) is 5.40. The Morgan fingerprint density at radius 2 is 1.40 bits per heavy atom. The van der Waals surface area contributed by atoms with Gasteiger partial charge >= 0.3 is 5.97 Å². The number of aromatic amines is 1. The normalized spacial score (nSPS) is 13.1. The molecular weight excluding hydrogens is 853 g/mol. The highest BCUT2D eigenvalue weighted by atomic mass is 16.5. The van der Waals surface area contributed by atoms with Gasteiger partial charge < -0.3 is 40.1 Å². The minimum Gasteiger partial charge on any atom is -0.486 e. The first-order chi connectivity index (χ1) is 32.5. The van der Waals surface area contributed by atoms with Gasteiger partial charge in [0.05, 0.1) is 11.0 Å². The van der Waals surface area contributed by atoms with Crippen molar-refractivity contribution >= 4 is 57.2 Å². The van der Waals surface area contributed by atoms with Crippen LogP contribution in [0.15, 0.2) is 121 Å². The van der Waals surface area contributed by atoms with Crippen molar-refractivity contribution in [1.29, 1.82) is 0 Å². The first-order valence-corrected chi connectivity index (χ1v) is 22.3. The maximum absolute atomic E-state index is 13.7. The summed E-state index contributed by atoms with van der Waals surface area (Å²) in [6.45, 7) is 1.49. The Labute approximate surface area is 385 Å². The fourth-order valence-corrected chi connectivity index (χ4v) is 8.32. The molecule has 1 aliphatic rings. The number of aliphatic carboxylic acids is 1. The van der Waals surface area contributed by atoms with E-state index in [1.165, 1.54) is 6.92 Å². The fourth-order valence-electron chi connectivity index (χ4n) is 8.32. The number of nitrogens with zero attached hydrogens (tertiary/aromatic N) is 2. The molecule has 7 aromatic rings. The number of hydrogen-bond donors (Lipinski definition) is 5. The lowest BCUT2D eigenvalue weighted by Crippen LogP contribution is -2.42. The van der Waals surface area contributed by atoms with E-state index in [2.05, 4.69) is 25.5 Å². The number of amides is 3. The summed E-state index contributed by atoms with van der Waals surface area (Å²) in [6.07, 6.45) is 6.98. The highest BCUT2D eigenvalue weighted by molar-refractivity contribution is 6.09. The molecule has 1 fully saturated rings. The molecule has 15 heteroatoms. The number of carbonyl (C=O) groups is 6. The van der Waals surface area contributed by atoms with Gasteiger partial charge in [-0.15, -0.1) is 0 Å². The average molecular weight is 903 g/mol. The van der Waals surface area contributed by atoms with E-state index in [0.717, 1.165) is 59.9 Å². The summed E-state index contributed by atoms with van der Waals surface area (Å²) in [6, 6.07) is 32.1. The first-order valence-electron chi connectivity index (χ1n) is 22.3. The number of H-pyrrole nitrogens is 1. The molecule has 8 rings (SSSR count). The van der Waals surface area contributed by atoms with Crippen LogP contribution in [0.25, 0.3) is 33.3 Å². The number of rotatable bonds is 19. The number of Topliss-reactive ketones (excluding diaryl/α,β-unsaturated/α-hetero) is 1. The Kier molecular flexibility index (Phi) is 14.1. The number of carboxylic acid groups (broad SMARTS) is 1. The number of aromatic nitrogens is 3. The molecular formula is C52H50N6O9. The van der Waals surface area contributed by atoms with E-state index in [1.807, 2.05) is 24.3 Å². The highest BCUT2D eigenvalue weighted by Crippen LogP contribution is 2.37. The van der Waals surface area contributed by atoms with Crippen LogP contribution in [-0.2, 0) is 20.8 Å². The molecule has 0 aliphatic heterocycles. The second kappa shape index (κ2) is 20.8. The van der Waals surface area contributed by atoms with Crippen LogP contribution < -0.4 is 25.4 Å². The minimum absolute atomic E-state index is 0.00254. The summed E-state index contributed by atoms with van der Waals surface area (Å²) < 4.78 is 13.6. The lowest BCUT2D eigenvalue weighted by atomic mass is 9.94. The predicted octanol–water partition coefficient (Wildman–Crippen LogP) is 7.24. The van der Waals surface area contributed by atoms with Crippen molar-refractivity contribution in [2.45, 2.75) is 57.5 Å². The average Bonchev–Trinajstić information content (AvgIpc) is 3.94. The zero-order valence-electron chi connectivity index (χ0n) is 36.9. The van der Waals surface area contributed by atoms with Crippen molar-refractivity contribution in [2.75, 3.05) is 26.3 Å². The smallest absolute Gasteiger partial charge is 0.326 e. The van der Waals surface area contributed by atoms with Crippen LogP contribution in [0.2, 0.25) is 0 Å². The third-order valence-electron chi connectivity index (χ3n) is 11.8. The third kappa shape index (κ3) is 11.1. The Hall–Kier alpha value is -8.07. The van der Waals surface area contributed by atoms with Gasteiger partial charge in [0.1, 0.15) is 30.0 Å². The number of imidazole rings is 1. The van der Waals surface area contributed by atoms with Crippen molar-refractivity contribution in [3.05, 3.63) is 149 Å². The number of benzene rings is 5. The van der Waals surface area contributed by atoms with Gasteiger partial charge in [-0.2, -0.15) is 0 Å². The van der Waals surface area contributed by atoms with Gasteiger partial charge in [0.15, 0.2) is 18.2 Å². The molecule has 5 N–H and O–H groups in total. The molecule has 5 aromatic carbocycles. The van der Waals surface area contributed by atoms with E-state index < -0.39 is 17.9 Å².